The highest BCUT2D eigenvalue weighted by Gasteiger charge is 2.41. The fourth-order valence-electron chi connectivity index (χ4n) is 3.75. The Bertz CT molecular complexity index is 532. The Morgan fingerprint density at radius 3 is 2.70 bits per heavy atom. The van der Waals surface area contributed by atoms with Gasteiger partial charge in [-0.25, -0.2) is 0 Å². The Morgan fingerprint density at radius 1 is 1.45 bits per heavy atom. The van der Waals surface area contributed by atoms with Crippen LogP contribution < -0.4 is 0 Å². The summed E-state index contributed by atoms with van der Waals surface area (Å²) in [5, 5.41) is 20.1. The van der Waals surface area contributed by atoms with E-state index in [0.717, 1.165) is 18.4 Å². The second-order valence-corrected chi connectivity index (χ2v) is 7.09. The van der Waals surface area contributed by atoms with Crippen molar-refractivity contribution in [3.05, 3.63) is 34.3 Å². The summed E-state index contributed by atoms with van der Waals surface area (Å²) in [6.45, 7) is 6.70. The Morgan fingerprint density at radius 2 is 2.15 bits per heavy atom. The van der Waals surface area contributed by atoms with E-state index in [2.05, 4.69) is 26.8 Å². The van der Waals surface area contributed by atoms with Gasteiger partial charge in [-0.2, -0.15) is 5.26 Å². The Kier molecular flexibility index (Phi) is 4.42. The maximum atomic E-state index is 10.8. The number of halogens is 1. The predicted octanol–water partition coefficient (Wildman–Crippen LogP) is 4.71. The van der Waals surface area contributed by atoms with Crippen molar-refractivity contribution in [2.45, 2.75) is 46.1 Å². The van der Waals surface area contributed by atoms with Crippen LogP contribution in [0, 0.1) is 28.6 Å². The van der Waals surface area contributed by atoms with Crippen molar-refractivity contribution < 1.29 is 5.11 Å². The highest BCUT2D eigenvalue weighted by atomic mass is 35.5. The van der Waals surface area contributed by atoms with E-state index < -0.39 is 6.10 Å². The van der Waals surface area contributed by atoms with Crippen LogP contribution >= 0.6 is 11.6 Å². The molecule has 0 spiro atoms. The molecule has 1 aromatic rings. The first-order chi connectivity index (χ1) is 9.36. The highest BCUT2D eigenvalue weighted by molar-refractivity contribution is 6.31. The van der Waals surface area contributed by atoms with E-state index in [0.29, 0.717) is 16.5 Å². The molecule has 2 rings (SSSR count). The van der Waals surface area contributed by atoms with Crippen LogP contribution in [0.1, 0.15) is 57.3 Å². The molecule has 0 heterocycles. The lowest BCUT2D eigenvalue weighted by atomic mass is 9.61. The molecule has 0 bridgehead atoms. The summed E-state index contributed by atoms with van der Waals surface area (Å²) in [6, 6.07) is 7.31. The van der Waals surface area contributed by atoms with E-state index in [1.165, 1.54) is 6.42 Å². The monoisotopic (exact) mass is 291 g/mol. The third-order valence-corrected chi connectivity index (χ3v) is 5.10. The SMILES string of the molecule is C[C@H]1CCCC(C)(C)[C@@H]1C(O)c1ccc(C#N)c(Cl)c1. The Labute approximate surface area is 126 Å². The molecule has 0 aliphatic heterocycles. The van der Waals surface area contributed by atoms with E-state index in [1.54, 1.807) is 12.1 Å². The van der Waals surface area contributed by atoms with Gasteiger partial charge in [-0.15, -0.1) is 0 Å². The number of nitrogens with zero attached hydrogens (tertiary/aromatic N) is 1. The molecular weight excluding hydrogens is 270 g/mol. The zero-order chi connectivity index (χ0) is 14.9. The number of hydrogen-bond acceptors (Lipinski definition) is 2. The van der Waals surface area contributed by atoms with Gasteiger partial charge in [-0.3, -0.25) is 0 Å². The van der Waals surface area contributed by atoms with Gasteiger partial charge < -0.3 is 5.11 Å². The average molecular weight is 292 g/mol. The van der Waals surface area contributed by atoms with Gasteiger partial charge in [0.25, 0.3) is 0 Å². The van der Waals surface area contributed by atoms with Crippen LogP contribution in [-0.4, -0.2) is 5.11 Å². The fraction of sp³-hybridized carbons (Fsp3) is 0.588. The predicted molar refractivity (Wildman–Crippen MR) is 81.4 cm³/mol. The number of aliphatic hydroxyl groups excluding tert-OH is 1. The molecule has 0 aromatic heterocycles. The normalized spacial score (nSPS) is 26.8. The van der Waals surface area contributed by atoms with Crippen molar-refractivity contribution in [2.75, 3.05) is 0 Å². The first-order valence-electron chi connectivity index (χ1n) is 7.24. The van der Waals surface area contributed by atoms with Crippen LogP contribution in [0.5, 0.6) is 0 Å². The van der Waals surface area contributed by atoms with Gasteiger partial charge in [0.1, 0.15) is 6.07 Å². The quantitative estimate of drug-likeness (QED) is 0.858. The summed E-state index contributed by atoms with van der Waals surface area (Å²) in [4.78, 5) is 0. The maximum absolute atomic E-state index is 10.8. The lowest BCUT2D eigenvalue weighted by Crippen LogP contribution is -2.37. The van der Waals surface area contributed by atoms with E-state index in [9.17, 15) is 5.11 Å². The lowest BCUT2D eigenvalue weighted by molar-refractivity contribution is -0.0292. The van der Waals surface area contributed by atoms with Gasteiger partial charge in [0.2, 0.25) is 0 Å². The van der Waals surface area contributed by atoms with Crippen LogP contribution in [0.3, 0.4) is 0 Å². The molecule has 2 nitrogen and oxygen atoms in total. The number of nitriles is 1. The van der Waals surface area contributed by atoms with Crippen molar-refractivity contribution in [3.63, 3.8) is 0 Å². The molecule has 20 heavy (non-hydrogen) atoms. The van der Waals surface area contributed by atoms with Crippen LogP contribution in [0.4, 0.5) is 0 Å². The molecule has 1 aliphatic carbocycles. The Balaban J connectivity index is 2.32. The molecule has 108 valence electrons. The van der Waals surface area contributed by atoms with Gasteiger partial charge in [0, 0.05) is 0 Å². The molecule has 3 atom stereocenters. The van der Waals surface area contributed by atoms with E-state index in [1.807, 2.05) is 6.07 Å². The minimum atomic E-state index is -0.523. The van der Waals surface area contributed by atoms with Crippen LogP contribution in [0.15, 0.2) is 18.2 Å². The molecule has 3 heteroatoms. The summed E-state index contributed by atoms with van der Waals surface area (Å²) < 4.78 is 0. The van der Waals surface area contributed by atoms with E-state index in [-0.39, 0.29) is 11.3 Å². The smallest absolute Gasteiger partial charge is 0.101 e. The summed E-state index contributed by atoms with van der Waals surface area (Å²) in [5.74, 6) is 0.712. The molecule has 1 saturated carbocycles. The average Bonchev–Trinajstić information content (AvgIpc) is 2.37. The molecule has 1 aromatic carbocycles. The second-order valence-electron chi connectivity index (χ2n) is 6.68. The second kappa shape index (κ2) is 5.76. The zero-order valence-electron chi connectivity index (χ0n) is 12.4. The van der Waals surface area contributed by atoms with Crippen LogP contribution in [0.25, 0.3) is 0 Å². The van der Waals surface area contributed by atoms with Gasteiger partial charge in [-0.05, 0) is 41.4 Å². The molecule has 0 saturated heterocycles. The van der Waals surface area contributed by atoms with Gasteiger partial charge in [-0.1, -0.05) is 51.3 Å². The third kappa shape index (κ3) is 2.85. The third-order valence-electron chi connectivity index (χ3n) is 4.79. The maximum Gasteiger partial charge on any atom is 0.101 e. The summed E-state index contributed by atoms with van der Waals surface area (Å²) in [7, 11) is 0. The lowest BCUT2D eigenvalue weighted by Gasteiger charge is -2.45. The first kappa shape index (κ1) is 15.4. The minimum absolute atomic E-state index is 0.122. The molecule has 0 amide bonds. The van der Waals surface area contributed by atoms with Crippen LogP contribution in [0.2, 0.25) is 5.02 Å². The number of rotatable bonds is 2. The Hall–Kier alpha value is -1.04. The summed E-state index contributed by atoms with van der Waals surface area (Å²) >= 11 is 6.09. The van der Waals surface area contributed by atoms with E-state index >= 15 is 0 Å². The number of hydrogen-bond donors (Lipinski definition) is 1. The molecule has 1 fully saturated rings. The number of benzene rings is 1. The first-order valence-corrected chi connectivity index (χ1v) is 7.62. The molecule has 1 aliphatic rings. The van der Waals surface area contributed by atoms with Crippen LogP contribution in [-0.2, 0) is 0 Å². The molecule has 1 N–H and O–H groups in total. The standard InChI is InChI=1S/C17H22ClNO/c1-11-5-4-8-17(2,3)15(11)16(20)12-6-7-13(10-19)14(18)9-12/h6-7,9,11,15-16,20H,4-5,8H2,1-3H3/t11-,15-,16?/m0/s1. The zero-order valence-corrected chi connectivity index (χ0v) is 13.1. The highest BCUT2D eigenvalue weighted by Crippen LogP contribution is 2.49. The van der Waals surface area contributed by atoms with Crippen molar-refractivity contribution in [1.82, 2.24) is 0 Å². The molecule has 0 radical (unpaired) electrons. The molecular formula is C17H22ClNO. The molecule has 1 unspecified atom stereocenters. The van der Waals surface area contributed by atoms with Crippen molar-refractivity contribution in [2.24, 2.45) is 17.3 Å². The van der Waals surface area contributed by atoms with Gasteiger partial charge >= 0.3 is 0 Å². The summed E-state index contributed by atoms with van der Waals surface area (Å²) in [6.07, 6.45) is 3.01. The number of aliphatic hydroxyl groups is 1. The largest absolute Gasteiger partial charge is 0.388 e. The van der Waals surface area contributed by atoms with Gasteiger partial charge in [0.05, 0.1) is 16.7 Å². The summed E-state index contributed by atoms with van der Waals surface area (Å²) in [5.41, 5.74) is 1.40. The van der Waals surface area contributed by atoms with E-state index in [4.69, 9.17) is 16.9 Å². The fourth-order valence-corrected chi connectivity index (χ4v) is 3.98. The van der Waals surface area contributed by atoms with Crippen molar-refractivity contribution >= 4 is 11.6 Å². The van der Waals surface area contributed by atoms with Gasteiger partial charge in [0.15, 0.2) is 0 Å². The topological polar surface area (TPSA) is 44.0 Å². The minimum Gasteiger partial charge on any atom is -0.388 e. The van der Waals surface area contributed by atoms with Crippen molar-refractivity contribution in [3.8, 4) is 6.07 Å². The van der Waals surface area contributed by atoms with Crippen molar-refractivity contribution in [1.29, 1.82) is 5.26 Å².